The number of hydrogen-bond acceptors (Lipinski definition) is 3. The molecule has 2 atom stereocenters. The number of halogens is 1. The molecule has 6 heteroatoms. The van der Waals surface area contributed by atoms with Crippen LogP contribution in [-0.4, -0.2) is 47.7 Å². The summed E-state index contributed by atoms with van der Waals surface area (Å²) in [5.74, 6) is -1.03. The topological polar surface area (TPSA) is 57.7 Å². The number of carbonyl (C=O) groups is 3. The monoisotopic (exact) mass is 422 g/mol. The van der Waals surface area contributed by atoms with Gasteiger partial charge in [-0.25, -0.2) is 4.39 Å². The van der Waals surface area contributed by atoms with Crippen LogP contribution < -0.4 is 0 Å². The first-order chi connectivity index (χ1) is 14.9. The Morgan fingerprint density at radius 2 is 1.84 bits per heavy atom. The fourth-order valence-electron chi connectivity index (χ4n) is 4.91. The normalized spacial score (nSPS) is 24.4. The van der Waals surface area contributed by atoms with Crippen molar-refractivity contribution >= 4 is 17.7 Å². The maximum Gasteiger partial charge on any atom is 0.240 e. The molecule has 2 aromatic rings. The zero-order chi connectivity index (χ0) is 22.0. The number of carbonyl (C=O) groups excluding carboxylic acids is 3. The maximum atomic E-state index is 14.0. The molecule has 0 radical (unpaired) electrons. The quantitative estimate of drug-likeness (QED) is 0.707. The molecule has 2 heterocycles. The molecule has 4 rings (SSSR count). The highest BCUT2D eigenvalue weighted by atomic mass is 19.1. The highest BCUT2D eigenvalue weighted by Gasteiger charge is 2.53. The molecular weight excluding hydrogens is 395 g/mol. The number of rotatable bonds is 4. The molecular formula is C25H27FN2O3. The zero-order valence-corrected chi connectivity index (χ0v) is 17.7. The van der Waals surface area contributed by atoms with E-state index < -0.39 is 17.1 Å². The van der Waals surface area contributed by atoms with E-state index in [2.05, 4.69) is 12.1 Å². The van der Waals surface area contributed by atoms with Gasteiger partial charge in [0.25, 0.3) is 0 Å². The summed E-state index contributed by atoms with van der Waals surface area (Å²) in [5, 5.41) is 0. The van der Waals surface area contributed by atoms with Crippen molar-refractivity contribution in [1.29, 1.82) is 0 Å². The van der Waals surface area contributed by atoms with E-state index in [1.165, 1.54) is 30.8 Å². The molecule has 5 nitrogen and oxygen atoms in total. The largest absolute Gasteiger partial charge is 0.343 e. The van der Waals surface area contributed by atoms with E-state index in [9.17, 15) is 18.8 Å². The van der Waals surface area contributed by atoms with Gasteiger partial charge in [0, 0.05) is 33.0 Å². The number of likely N-dealkylation sites (tertiary alicyclic amines) is 2. The van der Waals surface area contributed by atoms with Crippen LogP contribution in [0.25, 0.3) is 0 Å². The Hall–Kier alpha value is -3.02. The van der Waals surface area contributed by atoms with Crippen LogP contribution in [0.4, 0.5) is 4.39 Å². The SMILES string of the molecule is CN1C(=O)C[C@](CC(=O)N2CCC[C@H](c3ccccc3)CC2)(c2cccc(F)c2)C1=O. The third kappa shape index (κ3) is 4.11. The number of amides is 3. The zero-order valence-electron chi connectivity index (χ0n) is 17.7. The van der Waals surface area contributed by atoms with E-state index in [0.29, 0.717) is 24.6 Å². The van der Waals surface area contributed by atoms with Crippen molar-refractivity contribution in [3.8, 4) is 0 Å². The average molecular weight is 423 g/mol. The van der Waals surface area contributed by atoms with E-state index in [0.717, 1.165) is 24.2 Å². The van der Waals surface area contributed by atoms with Crippen LogP contribution in [0, 0.1) is 5.82 Å². The third-order valence-corrected chi connectivity index (χ3v) is 6.72. The summed E-state index contributed by atoms with van der Waals surface area (Å²) >= 11 is 0. The summed E-state index contributed by atoms with van der Waals surface area (Å²) in [7, 11) is 1.42. The molecule has 0 unspecified atom stereocenters. The number of hydrogen-bond donors (Lipinski definition) is 0. The van der Waals surface area contributed by atoms with E-state index in [-0.39, 0.29) is 24.7 Å². The second-order valence-electron chi connectivity index (χ2n) is 8.62. The Balaban J connectivity index is 1.55. The molecule has 0 N–H and O–H groups in total. The molecule has 0 bridgehead atoms. The Labute approximate surface area is 181 Å². The third-order valence-electron chi connectivity index (χ3n) is 6.72. The molecule has 3 amide bonds. The number of benzene rings is 2. The maximum absolute atomic E-state index is 14.0. The molecule has 162 valence electrons. The Bertz CT molecular complexity index is 993. The first kappa shape index (κ1) is 21.2. The first-order valence-corrected chi connectivity index (χ1v) is 10.8. The van der Waals surface area contributed by atoms with Crippen molar-refractivity contribution in [2.24, 2.45) is 0 Å². The highest BCUT2D eigenvalue weighted by Crippen LogP contribution is 2.40. The summed E-state index contributed by atoms with van der Waals surface area (Å²) in [6.07, 6.45) is 2.50. The Morgan fingerprint density at radius 1 is 1.06 bits per heavy atom. The van der Waals surface area contributed by atoms with Crippen LogP contribution >= 0.6 is 0 Å². The molecule has 2 saturated heterocycles. The smallest absolute Gasteiger partial charge is 0.240 e. The van der Waals surface area contributed by atoms with Crippen molar-refractivity contribution in [3.05, 3.63) is 71.5 Å². The summed E-state index contributed by atoms with van der Waals surface area (Å²) in [5.41, 5.74) is 0.336. The van der Waals surface area contributed by atoms with Gasteiger partial charge in [-0.2, -0.15) is 0 Å². The summed E-state index contributed by atoms with van der Waals surface area (Å²) in [6.45, 7) is 1.23. The fourth-order valence-corrected chi connectivity index (χ4v) is 4.91. The fraction of sp³-hybridized carbons (Fsp3) is 0.400. The lowest BCUT2D eigenvalue weighted by Crippen LogP contribution is -2.43. The van der Waals surface area contributed by atoms with E-state index in [1.807, 2.05) is 18.2 Å². The van der Waals surface area contributed by atoms with Gasteiger partial charge in [-0.05, 0) is 48.4 Å². The van der Waals surface area contributed by atoms with Crippen LogP contribution in [0.1, 0.15) is 49.1 Å². The van der Waals surface area contributed by atoms with E-state index >= 15 is 0 Å². The molecule has 31 heavy (non-hydrogen) atoms. The van der Waals surface area contributed by atoms with Gasteiger partial charge in [-0.1, -0.05) is 42.5 Å². The number of nitrogens with zero attached hydrogens (tertiary/aromatic N) is 2. The van der Waals surface area contributed by atoms with Crippen LogP contribution in [0.15, 0.2) is 54.6 Å². The molecule has 2 aromatic carbocycles. The van der Waals surface area contributed by atoms with Gasteiger partial charge in [0.1, 0.15) is 5.82 Å². The van der Waals surface area contributed by atoms with Gasteiger partial charge >= 0.3 is 0 Å². The highest BCUT2D eigenvalue weighted by molar-refractivity contribution is 6.10. The second-order valence-corrected chi connectivity index (χ2v) is 8.62. The van der Waals surface area contributed by atoms with E-state index in [1.54, 1.807) is 11.0 Å². The molecule has 0 saturated carbocycles. The predicted molar refractivity (Wildman–Crippen MR) is 115 cm³/mol. The lowest BCUT2D eigenvalue weighted by atomic mass is 9.75. The van der Waals surface area contributed by atoms with Gasteiger partial charge in [0.2, 0.25) is 17.7 Å². The minimum absolute atomic E-state index is 0.113. The van der Waals surface area contributed by atoms with Gasteiger partial charge in [-0.3, -0.25) is 19.3 Å². The van der Waals surface area contributed by atoms with Gasteiger partial charge < -0.3 is 4.90 Å². The standard InChI is InChI=1S/C25H27FN2O3/c1-27-22(29)16-25(24(27)31,20-10-5-11-21(26)15-20)17-23(30)28-13-6-9-19(12-14-28)18-7-3-2-4-8-18/h2-5,7-8,10-11,15,19H,6,9,12-14,16-17H2,1H3/t19-,25-/m0/s1. The summed E-state index contributed by atoms with van der Waals surface area (Å²) < 4.78 is 14.0. The van der Waals surface area contributed by atoms with E-state index in [4.69, 9.17) is 0 Å². The van der Waals surface area contributed by atoms with Crippen LogP contribution in [0.5, 0.6) is 0 Å². The van der Waals surface area contributed by atoms with Gasteiger partial charge in [-0.15, -0.1) is 0 Å². The average Bonchev–Trinajstić information content (AvgIpc) is 2.96. The summed E-state index contributed by atoms with van der Waals surface area (Å²) in [4.78, 5) is 41.6. The summed E-state index contributed by atoms with van der Waals surface area (Å²) in [6, 6.07) is 16.0. The van der Waals surface area contributed by atoms with Crippen molar-refractivity contribution in [1.82, 2.24) is 9.80 Å². The van der Waals surface area contributed by atoms with Crippen molar-refractivity contribution in [2.75, 3.05) is 20.1 Å². The lowest BCUT2D eigenvalue weighted by Gasteiger charge is -2.30. The lowest BCUT2D eigenvalue weighted by molar-refractivity contribution is -0.141. The molecule has 0 spiro atoms. The number of likely N-dealkylation sites (N-methyl/N-ethyl adjacent to an activating group) is 1. The minimum Gasteiger partial charge on any atom is -0.343 e. The molecule has 2 aliphatic rings. The van der Waals surface area contributed by atoms with Crippen molar-refractivity contribution in [2.45, 2.75) is 43.4 Å². The van der Waals surface area contributed by atoms with Crippen molar-refractivity contribution < 1.29 is 18.8 Å². The molecule has 0 aliphatic carbocycles. The first-order valence-electron chi connectivity index (χ1n) is 10.8. The number of imide groups is 1. The predicted octanol–water partition coefficient (Wildman–Crippen LogP) is 3.64. The molecule has 0 aromatic heterocycles. The second kappa shape index (κ2) is 8.61. The molecule has 2 aliphatic heterocycles. The van der Waals surface area contributed by atoms with Crippen LogP contribution in [-0.2, 0) is 19.8 Å². The van der Waals surface area contributed by atoms with Crippen LogP contribution in [0.2, 0.25) is 0 Å². The Morgan fingerprint density at radius 3 is 2.52 bits per heavy atom. The Kier molecular flexibility index (Phi) is 5.90. The molecule has 2 fully saturated rings. The van der Waals surface area contributed by atoms with Gasteiger partial charge in [0.15, 0.2) is 0 Å². The van der Waals surface area contributed by atoms with Crippen molar-refractivity contribution in [3.63, 3.8) is 0 Å². The minimum atomic E-state index is -1.34. The van der Waals surface area contributed by atoms with Crippen LogP contribution in [0.3, 0.4) is 0 Å². The van der Waals surface area contributed by atoms with Gasteiger partial charge in [0.05, 0.1) is 5.41 Å².